The third-order valence-electron chi connectivity index (χ3n) is 1.56. The zero-order valence-corrected chi connectivity index (χ0v) is 8.46. The second-order valence-electron chi connectivity index (χ2n) is 2.40. The molecule has 2 aromatic heterocycles. The van der Waals surface area contributed by atoms with Crippen LogP contribution in [0.15, 0.2) is 18.6 Å². The molecule has 0 amide bonds. The molecule has 0 bridgehead atoms. The number of hydrogen-bond acceptors (Lipinski definition) is 3. The summed E-state index contributed by atoms with van der Waals surface area (Å²) in [6, 6.07) is 0. The van der Waals surface area contributed by atoms with Gasteiger partial charge < -0.3 is 5.11 Å². The lowest BCUT2D eigenvalue weighted by molar-refractivity contribution is 0.0699. The fourth-order valence-corrected chi connectivity index (χ4v) is 1.41. The van der Waals surface area contributed by atoms with E-state index < -0.39 is 5.97 Å². The third-order valence-corrected chi connectivity index (χ3v) is 2.11. The Bertz CT molecular complexity index is 480. The number of aromatic nitrogens is 3. The minimum atomic E-state index is -1.01. The molecule has 0 saturated heterocycles. The molecule has 2 rings (SSSR count). The first-order valence-electron chi connectivity index (χ1n) is 3.40. The number of carbonyl (C=O) groups is 1. The first-order valence-corrected chi connectivity index (χ1v) is 4.48. The Balaban J connectivity index is 2.76. The number of carboxylic acid groups (broad SMARTS) is 1. The molecule has 1 N–H and O–H groups in total. The second-order valence-corrected chi connectivity index (χ2v) is 3.65. The molecule has 0 unspecified atom stereocenters. The van der Waals surface area contributed by atoms with Crippen LogP contribution < -0.4 is 0 Å². The van der Waals surface area contributed by atoms with E-state index in [1.54, 1.807) is 12.4 Å². The van der Waals surface area contributed by atoms with Crippen molar-refractivity contribution < 1.29 is 9.90 Å². The van der Waals surface area contributed by atoms with Crippen LogP contribution in [-0.4, -0.2) is 25.7 Å². The van der Waals surface area contributed by atoms with Crippen molar-refractivity contribution in [3.63, 3.8) is 0 Å². The smallest absolute Gasteiger partial charge is 0.341 e. The van der Waals surface area contributed by atoms with Crippen LogP contribution in [-0.2, 0) is 0 Å². The first kappa shape index (κ1) is 8.42. The molecule has 66 valence electrons. The fraction of sp³-hybridized carbons (Fsp3) is 0. The van der Waals surface area contributed by atoms with Gasteiger partial charge in [0.15, 0.2) is 5.65 Å². The van der Waals surface area contributed by atoms with Gasteiger partial charge >= 0.3 is 5.97 Å². The number of rotatable bonds is 1. The van der Waals surface area contributed by atoms with Gasteiger partial charge in [0.1, 0.15) is 5.56 Å². The maximum Gasteiger partial charge on any atom is 0.341 e. The molecule has 0 spiro atoms. The Hall–Kier alpha value is -1.18. The van der Waals surface area contributed by atoms with Crippen molar-refractivity contribution in [2.45, 2.75) is 0 Å². The minimum absolute atomic E-state index is 0.122. The van der Waals surface area contributed by atoms with Crippen molar-refractivity contribution in [2.24, 2.45) is 0 Å². The number of carboxylic acids is 1. The fourth-order valence-electron chi connectivity index (χ4n) is 1.00. The molecule has 0 aliphatic rings. The lowest BCUT2D eigenvalue weighted by Crippen LogP contribution is -1.97. The second kappa shape index (κ2) is 2.95. The van der Waals surface area contributed by atoms with Crippen molar-refractivity contribution in [1.82, 2.24) is 14.6 Å². The molecule has 0 fully saturated rings. The van der Waals surface area contributed by atoms with Gasteiger partial charge in [-0.05, 0) is 22.6 Å². The Labute approximate surface area is 86.5 Å². The van der Waals surface area contributed by atoms with E-state index in [1.807, 2.05) is 0 Å². The summed E-state index contributed by atoms with van der Waals surface area (Å²) in [5.41, 5.74) is 0.490. The monoisotopic (exact) mass is 289 g/mol. The largest absolute Gasteiger partial charge is 0.477 e. The van der Waals surface area contributed by atoms with Crippen LogP contribution >= 0.6 is 22.6 Å². The molecular weight excluding hydrogens is 285 g/mol. The molecule has 0 aliphatic heterocycles. The summed E-state index contributed by atoms with van der Waals surface area (Å²) in [6.45, 7) is 0. The van der Waals surface area contributed by atoms with E-state index in [9.17, 15) is 4.79 Å². The first-order chi connectivity index (χ1) is 6.18. The van der Waals surface area contributed by atoms with Crippen LogP contribution in [0.1, 0.15) is 10.4 Å². The van der Waals surface area contributed by atoms with Crippen molar-refractivity contribution >= 4 is 34.2 Å². The average molecular weight is 289 g/mol. The van der Waals surface area contributed by atoms with Crippen LogP contribution in [0.25, 0.3) is 5.65 Å². The third kappa shape index (κ3) is 1.37. The summed E-state index contributed by atoms with van der Waals surface area (Å²) in [5, 5.41) is 12.6. The van der Waals surface area contributed by atoms with Crippen LogP contribution in [0.3, 0.4) is 0 Å². The quantitative estimate of drug-likeness (QED) is 0.796. The van der Waals surface area contributed by atoms with Crippen LogP contribution in [0, 0.1) is 3.57 Å². The van der Waals surface area contributed by atoms with E-state index in [0.29, 0.717) is 5.65 Å². The van der Waals surface area contributed by atoms with E-state index in [2.05, 4.69) is 32.7 Å². The number of aromatic carboxylic acids is 1. The van der Waals surface area contributed by atoms with E-state index in [4.69, 9.17) is 5.11 Å². The molecular formula is C7H4IN3O2. The maximum atomic E-state index is 10.7. The molecule has 0 saturated carbocycles. The number of nitrogens with zero attached hydrogens (tertiary/aromatic N) is 3. The van der Waals surface area contributed by atoms with Gasteiger partial charge in [-0.15, -0.1) is 0 Å². The highest BCUT2D eigenvalue weighted by molar-refractivity contribution is 14.1. The molecule has 2 heterocycles. The number of hydrogen-bond donors (Lipinski definition) is 1. The highest BCUT2D eigenvalue weighted by Crippen LogP contribution is 2.09. The van der Waals surface area contributed by atoms with Gasteiger partial charge in [-0.25, -0.2) is 14.3 Å². The predicted octanol–water partition coefficient (Wildman–Crippen LogP) is 1.03. The van der Waals surface area contributed by atoms with Gasteiger partial charge in [0.05, 0.1) is 6.20 Å². The molecule has 0 aromatic carbocycles. The van der Waals surface area contributed by atoms with E-state index >= 15 is 0 Å². The zero-order valence-electron chi connectivity index (χ0n) is 6.31. The zero-order chi connectivity index (χ0) is 9.42. The number of fused-ring (bicyclic) bond motifs is 1. The highest BCUT2D eigenvalue weighted by Gasteiger charge is 2.11. The summed E-state index contributed by atoms with van der Waals surface area (Å²) >= 11 is 2.08. The molecule has 2 aromatic rings. The average Bonchev–Trinajstić information content (AvgIpc) is 2.46. The standard InChI is InChI=1S/C7H4IN3O2/c8-4-1-9-6-5(7(12)13)2-10-11(6)3-4/h1-3H,(H,12,13). The Morgan fingerprint density at radius 1 is 1.54 bits per heavy atom. The van der Waals surface area contributed by atoms with Crippen LogP contribution in [0.2, 0.25) is 0 Å². The normalized spacial score (nSPS) is 10.5. The maximum absolute atomic E-state index is 10.7. The van der Waals surface area contributed by atoms with Crippen molar-refractivity contribution in [2.75, 3.05) is 0 Å². The van der Waals surface area contributed by atoms with Crippen LogP contribution in [0.5, 0.6) is 0 Å². The van der Waals surface area contributed by atoms with Crippen molar-refractivity contribution in [3.8, 4) is 0 Å². The highest BCUT2D eigenvalue weighted by atomic mass is 127. The van der Waals surface area contributed by atoms with Gasteiger partial charge in [-0.1, -0.05) is 0 Å². The van der Waals surface area contributed by atoms with Crippen molar-refractivity contribution in [3.05, 3.63) is 27.7 Å². The van der Waals surface area contributed by atoms with E-state index in [0.717, 1.165) is 3.57 Å². The molecule has 0 radical (unpaired) electrons. The Morgan fingerprint density at radius 2 is 2.31 bits per heavy atom. The summed E-state index contributed by atoms with van der Waals surface area (Å²) in [5.74, 6) is -1.01. The topological polar surface area (TPSA) is 67.5 Å². The molecule has 6 heteroatoms. The predicted molar refractivity (Wildman–Crippen MR) is 52.7 cm³/mol. The summed E-state index contributed by atoms with van der Waals surface area (Å²) < 4.78 is 2.36. The number of halogens is 1. The molecule has 13 heavy (non-hydrogen) atoms. The molecule has 0 atom stereocenters. The van der Waals surface area contributed by atoms with Gasteiger partial charge in [-0.3, -0.25) is 0 Å². The lowest BCUT2D eigenvalue weighted by Gasteiger charge is -1.93. The Kier molecular flexibility index (Phi) is 1.91. The Morgan fingerprint density at radius 3 is 3.00 bits per heavy atom. The minimum Gasteiger partial charge on any atom is -0.477 e. The van der Waals surface area contributed by atoms with Crippen molar-refractivity contribution in [1.29, 1.82) is 0 Å². The van der Waals surface area contributed by atoms with E-state index in [-0.39, 0.29) is 5.56 Å². The SMILES string of the molecule is O=C(O)c1cnn2cc(I)cnc12. The molecule has 0 aliphatic carbocycles. The summed E-state index contributed by atoms with van der Waals surface area (Å²) in [6.07, 6.45) is 4.61. The van der Waals surface area contributed by atoms with E-state index in [1.165, 1.54) is 10.7 Å². The van der Waals surface area contributed by atoms with Gasteiger partial charge in [0.25, 0.3) is 0 Å². The van der Waals surface area contributed by atoms with Gasteiger partial charge in [-0.2, -0.15) is 5.10 Å². The van der Waals surface area contributed by atoms with Gasteiger partial charge in [0, 0.05) is 16.0 Å². The van der Waals surface area contributed by atoms with Crippen LogP contribution in [0.4, 0.5) is 0 Å². The molecule has 5 nitrogen and oxygen atoms in total. The lowest BCUT2D eigenvalue weighted by atomic mass is 10.3. The summed E-state index contributed by atoms with van der Waals surface area (Å²) in [4.78, 5) is 14.6. The van der Waals surface area contributed by atoms with Gasteiger partial charge in [0.2, 0.25) is 0 Å². The summed E-state index contributed by atoms with van der Waals surface area (Å²) in [7, 11) is 0.